The Morgan fingerprint density at radius 1 is 1.25 bits per heavy atom. The maximum Gasteiger partial charge on any atom is 0.255 e. The number of aromatic nitrogens is 2. The number of nitrogens with one attached hydrogen (secondary N) is 1. The van der Waals surface area contributed by atoms with E-state index in [1.807, 2.05) is 36.6 Å². The zero-order valence-electron chi connectivity index (χ0n) is 10.7. The minimum absolute atomic E-state index is 0.141. The quantitative estimate of drug-likeness (QED) is 0.750. The van der Waals surface area contributed by atoms with Gasteiger partial charge >= 0.3 is 0 Å². The number of nitrogens with zero attached hydrogens (tertiary/aromatic N) is 2. The molecule has 0 aliphatic carbocycles. The maximum atomic E-state index is 12.2. The monoisotopic (exact) mass is 301 g/mol. The summed E-state index contributed by atoms with van der Waals surface area (Å²) in [5, 5.41) is 6.87. The van der Waals surface area contributed by atoms with Crippen LogP contribution in [0.2, 0.25) is 0 Å². The van der Waals surface area contributed by atoms with E-state index < -0.39 is 0 Å². The molecule has 3 rings (SSSR count). The number of hydrogen-bond acceptors (Lipinski definition) is 5. The lowest BCUT2D eigenvalue weighted by Gasteiger charge is -2.06. The van der Waals surface area contributed by atoms with Crippen molar-refractivity contribution < 1.29 is 4.79 Å². The van der Waals surface area contributed by atoms with Crippen LogP contribution in [0.25, 0.3) is 10.2 Å². The molecule has 0 aliphatic heterocycles. The third-order valence-corrected chi connectivity index (χ3v) is 4.27. The fraction of sp³-hybridized carbons (Fsp3) is 0.0714. The molecule has 0 bridgehead atoms. The van der Waals surface area contributed by atoms with E-state index >= 15 is 0 Å². The number of carbonyl (C=O) groups excluding carboxylic acids is 1. The van der Waals surface area contributed by atoms with Crippen LogP contribution in [0, 0.1) is 0 Å². The first-order valence-corrected chi connectivity index (χ1v) is 7.93. The van der Waals surface area contributed by atoms with Crippen LogP contribution < -0.4 is 5.32 Å². The van der Waals surface area contributed by atoms with Crippen LogP contribution in [0.3, 0.4) is 0 Å². The second-order valence-electron chi connectivity index (χ2n) is 4.14. The third kappa shape index (κ3) is 2.66. The van der Waals surface area contributed by atoms with Gasteiger partial charge in [-0.2, -0.15) is 0 Å². The Hall–Kier alpha value is -1.92. The van der Waals surface area contributed by atoms with E-state index in [1.165, 1.54) is 11.5 Å². The number of rotatable bonds is 3. The van der Waals surface area contributed by atoms with Gasteiger partial charge in [-0.1, -0.05) is 10.6 Å². The summed E-state index contributed by atoms with van der Waals surface area (Å²) in [6, 6.07) is 13.2. The highest BCUT2D eigenvalue weighted by Gasteiger charge is 2.08. The van der Waals surface area contributed by atoms with Gasteiger partial charge in [0.25, 0.3) is 5.91 Å². The predicted molar refractivity (Wildman–Crippen MR) is 83.6 cm³/mol. The van der Waals surface area contributed by atoms with E-state index in [2.05, 4.69) is 14.9 Å². The zero-order valence-corrected chi connectivity index (χ0v) is 12.3. The molecule has 1 N–H and O–H groups in total. The van der Waals surface area contributed by atoms with Gasteiger partial charge in [0.15, 0.2) is 0 Å². The standard InChI is InChI=1S/C14H11N3OS2/c1-19-11-4-2-3-10(8-11)15-14(18)9-5-6-13-12(7-9)16-17-20-13/h2-8H,1H3,(H,15,18). The summed E-state index contributed by atoms with van der Waals surface area (Å²) in [7, 11) is 0. The molecule has 0 spiro atoms. The zero-order chi connectivity index (χ0) is 13.9. The largest absolute Gasteiger partial charge is 0.322 e. The molecule has 0 aliphatic rings. The molecular formula is C14H11N3OS2. The number of benzene rings is 2. The Balaban J connectivity index is 1.84. The third-order valence-electron chi connectivity index (χ3n) is 2.84. The van der Waals surface area contributed by atoms with Gasteiger partial charge in [0, 0.05) is 16.1 Å². The van der Waals surface area contributed by atoms with Crippen molar-refractivity contribution in [2.75, 3.05) is 11.6 Å². The summed E-state index contributed by atoms with van der Waals surface area (Å²) < 4.78 is 4.84. The van der Waals surface area contributed by atoms with Gasteiger partial charge in [-0.25, -0.2) is 0 Å². The predicted octanol–water partition coefficient (Wildman–Crippen LogP) is 3.67. The average molecular weight is 301 g/mol. The van der Waals surface area contributed by atoms with Gasteiger partial charge in [0.2, 0.25) is 0 Å². The fourth-order valence-electron chi connectivity index (χ4n) is 1.83. The van der Waals surface area contributed by atoms with E-state index in [-0.39, 0.29) is 5.91 Å². The summed E-state index contributed by atoms with van der Waals surface area (Å²) in [5.74, 6) is -0.141. The van der Waals surface area contributed by atoms with Crippen molar-refractivity contribution >= 4 is 45.1 Å². The highest BCUT2D eigenvalue weighted by Crippen LogP contribution is 2.21. The van der Waals surface area contributed by atoms with Crippen LogP contribution in [0.15, 0.2) is 47.4 Å². The van der Waals surface area contributed by atoms with Gasteiger partial charge in [-0.15, -0.1) is 16.9 Å². The molecule has 0 radical (unpaired) electrons. The summed E-state index contributed by atoms with van der Waals surface area (Å²) >= 11 is 2.96. The van der Waals surface area contributed by atoms with Gasteiger partial charge in [0.05, 0.1) is 4.70 Å². The highest BCUT2D eigenvalue weighted by molar-refractivity contribution is 7.98. The van der Waals surface area contributed by atoms with Crippen molar-refractivity contribution in [2.45, 2.75) is 4.90 Å². The van der Waals surface area contributed by atoms with Crippen molar-refractivity contribution in [2.24, 2.45) is 0 Å². The molecule has 0 saturated heterocycles. The molecule has 2 aromatic carbocycles. The van der Waals surface area contributed by atoms with Gasteiger partial charge in [0.1, 0.15) is 5.52 Å². The number of fused-ring (bicyclic) bond motifs is 1. The highest BCUT2D eigenvalue weighted by atomic mass is 32.2. The summed E-state index contributed by atoms with van der Waals surface area (Å²) in [6.45, 7) is 0. The minimum Gasteiger partial charge on any atom is -0.322 e. The summed E-state index contributed by atoms with van der Waals surface area (Å²) in [6.07, 6.45) is 2.00. The summed E-state index contributed by atoms with van der Waals surface area (Å²) in [4.78, 5) is 13.3. The van der Waals surface area contributed by atoms with Crippen molar-refractivity contribution in [1.29, 1.82) is 0 Å². The second-order valence-corrected chi connectivity index (χ2v) is 5.81. The lowest BCUT2D eigenvalue weighted by molar-refractivity contribution is 0.102. The number of amides is 1. The molecule has 100 valence electrons. The van der Waals surface area contributed by atoms with Crippen molar-refractivity contribution in [3.8, 4) is 0 Å². The van der Waals surface area contributed by atoms with Crippen LogP contribution in [0.5, 0.6) is 0 Å². The average Bonchev–Trinajstić information content (AvgIpc) is 2.94. The Morgan fingerprint density at radius 2 is 2.15 bits per heavy atom. The number of hydrogen-bond donors (Lipinski definition) is 1. The molecule has 0 saturated carbocycles. The first-order valence-electron chi connectivity index (χ1n) is 5.94. The molecule has 1 heterocycles. The SMILES string of the molecule is CSc1cccc(NC(=O)c2ccc3snnc3c2)c1. The summed E-state index contributed by atoms with van der Waals surface area (Å²) in [5.41, 5.74) is 2.12. The van der Waals surface area contributed by atoms with E-state index in [9.17, 15) is 4.79 Å². The second kappa shape index (κ2) is 5.60. The topological polar surface area (TPSA) is 54.9 Å². The molecule has 0 atom stereocenters. The molecule has 0 fully saturated rings. The molecule has 6 heteroatoms. The Bertz CT molecular complexity index is 770. The molecule has 3 aromatic rings. The van der Waals surface area contributed by atoms with Crippen molar-refractivity contribution in [3.63, 3.8) is 0 Å². The van der Waals surface area contributed by atoms with Crippen LogP contribution in [-0.4, -0.2) is 21.7 Å². The van der Waals surface area contributed by atoms with Gasteiger partial charge in [-0.3, -0.25) is 4.79 Å². The maximum absolute atomic E-state index is 12.2. The number of anilines is 1. The van der Waals surface area contributed by atoms with Gasteiger partial charge in [-0.05, 0) is 54.2 Å². The van der Waals surface area contributed by atoms with Crippen molar-refractivity contribution in [1.82, 2.24) is 9.59 Å². The van der Waals surface area contributed by atoms with E-state index in [0.717, 1.165) is 20.8 Å². The molecular weight excluding hydrogens is 290 g/mol. The smallest absolute Gasteiger partial charge is 0.255 e. The molecule has 0 unspecified atom stereocenters. The van der Waals surface area contributed by atoms with Crippen LogP contribution in [0.4, 0.5) is 5.69 Å². The van der Waals surface area contributed by atoms with Gasteiger partial charge < -0.3 is 5.32 Å². The molecule has 20 heavy (non-hydrogen) atoms. The lowest BCUT2D eigenvalue weighted by Crippen LogP contribution is -2.11. The lowest BCUT2D eigenvalue weighted by atomic mass is 10.2. The van der Waals surface area contributed by atoms with E-state index in [1.54, 1.807) is 23.9 Å². The fourth-order valence-corrected chi connectivity index (χ4v) is 2.82. The van der Waals surface area contributed by atoms with Crippen molar-refractivity contribution in [3.05, 3.63) is 48.0 Å². The number of thioether (sulfide) groups is 1. The van der Waals surface area contributed by atoms with Crippen LogP contribution >= 0.6 is 23.3 Å². The first-order chi connectivity index (χ1) is 9.76. The Labute approximate surface area is 124 Å². The first kappa shape index (κ1) is 13.1. The minimum atomic E-state index is -0.141. The molecule has 1 amide bonds. The van der Waals surface area contributed by atoms with Crippen LogP contribution in [0.1, 0.15) is 10.4 Å². The van der Waals surface area contributed by atoms with E-state index in [0.29, 0.717) is 5.56 Å². The van der Waals surface area contributed by atoms with E-state index in [4.69, 9.17) is 0 Å². The molecule has 4 nitrogen and oxygen atoms in total. The molecule has 1 aromatic heterocycles. The normalized spacial score (nSPS) is 10.7. The Kier molecular flexibility index (Phi) is 3.66. The number of carbonyl (C=O) groups is 1. The van der Waals surface area contributed by atoms with Crippen LogP contribution in [-0.2, 0) is 0 Å². The Morgan fingerprint density at radius 3 is 3.00 bits per heavy atom.